The van der Waals surface area contributed by atoms with Crippen LogP contribution in [0.1, 0.15) is 33.1 Å². The van der Waals surface area contributed by atoms with Crippen molar-refractivity contribution in [3.8, 4) is 0 Å². The van der Waals surface area contributed by atoms with Crippen molar-refractivity contribution in [1.29, 1.82) is 0 Å². The Morgan fingerprint density at radius 3 is 2.71 bits per heavy atom. The largest absolute Gasteiger partial charge is 0.479 e. The van der Waals surface area contributed by atoms with Gasteiger partial charge in [-0.3, -0.25) is 0 Å². The molecule has 14 heavy (non-hydrogen) atoms. The minimum Gasteiger partial charge on any atom is -0.479 e. The van der Waals surface area contributed by atoms with Gasteiger partial charge in [0.25, 0.3) is 0 Å². The minimum atomic E-state index is -0.987. The van der Waals surface area contributed by atoms with Crippen molar-refractivity contribution < 1.29 is 19.0 Å². The predicted molar refractivity (Wildman–Crippen MR) is 49.9 cm³/mol. The zero-order chi connectivity index (χ0) is 10.7. The van der Waals surface area contributed by atoms with Gasteiger partial charge in [-0.05, 0) is 25.7 Å². The number of carboxylic acid groups (broad SMARTS) is 1. The lowest BCUT2D eigenvalue weighted by atomic mass is 9.87. The lowest BCUT2D eigenvalue weighted by Crippen LogP contribution is -2.34. The molecule has 3 nitrogen and oxygen atoms in total. The molecule has 4 atom stereocenters. The maximum Gasteiger partial charge on any atom is 0.332 e. The van der Waals surface area contributed by atoms with E-state index in [1.165, 1.54) is 6.92 Å². The molecule has 1 N–H and O–H groups in total. The third-order valence-corrected chi connectivity index (χ3v) is 2.79. The van der Waals surface area contributed by atoms with Crippen molar-refractivity contribution >= 4 is 5.97 Å². The van der Waals surface area contributed by atoms with E-state index in [-0.39, 0.29) is 12.0 Å². The SMILES string of the molecule is CC(OC1CCC(C)C(F)C1)C(=O)O. The Labute approximate surface area is 83.3 Å². The van der Waals surface area contributed by atoms with Gasteiger partial charge in [0.2, 0.25) is 0 Å². The van der Waals surface area contributed by atoms with Gasteiger partial charge in [0.1, 0.15) is 6.17 Å². The minimum absolute atomic E-state index is 0.0787. The second kappa shape index (κ2) is 4.73. The maximum absolute atomic E-state index is 13.3. The highest BCUT2D eigenvalue weighted by Crippen LogP contribution is 2.29. The van der Waals surface area contributed by atoms with Gasteiger partial charge < -0.3 is 9.84 Å². The van der Waals surface area contributed by atoms with Gasteiger partial charge in [-0.1, -0.05) is 6.92 Å². The summed E-state index contributed by atoms with van der Waals surface area (Å²) in [5.41, 5.74) is 0. The molecule has 4 heteroatoms. The number of halogens is 1. The van der Waals surface area contributed by atoms with E-state index in [0.717, 1.165) is 12.8 Å². The highest BCUT2D eigenvalue weighted by molar-refractivity contribution is 5.71. The van der Waals surface area contributed by atoms with Crippen LogP contribution in [0.25, 0.3) is 0 Å². The molecule has 4 unspecified atom stereocenters. The van der Waals surface area contributed by atoms with Crippen molar-refractivity contribution in [3.05, 3.63) is 0 Å². The fourth-order valence-electron chi connectivity index (χ4n) is 1.70. The van der Waals surface area contributed by atoms with Crippen LogP contribution in [-0.2, 0) is 9.53 Å². The molecule has 1 fully saturated rings. The third kappa shape index (κ3) is 2.94. The molecule has 0 spiro atoms. The molecule has 82 valence electrons. The van der Waals surface area contributed by atoms with E-state index in [2.05, 4.69) is 0 Å². The van der Waals surface area contributed by atoms with Crippen LogP contribution in [0.5, 0.6) is 0 Å². The molecule has 0 radical (unpaired) electrons. The quantitative estimate of drug-likeness (QED) is 0.764. The summed E-state index contributed by atoms with van der Waals surface area (Å²) in [4.78, 5) is 10.5. The van der Waals surface area contributed by atoms with Crippen molar-refractivity contribution in [2.45, 2.75) is 51.5 Å². The number of alkyl halides is 1. The second-order valence-electron chi connectivity index (χ2n) is 4.04. The topological polar surface area (TPSA) is 46.5 Å². The number of ether oxygens (including phenoxy) is 1. The van der Waals surface area contributed by atoms with Crippen LogP contribution in [0, 0.1) is 5.92 Å². The fourth-order valence-corrected chi connectivity index (χ4v) is 1.70. The van der Waals surface area contributed by atoms with Crippen LogP contribution < -0.4 is 0 Å². The van der Waals surface area contributed by atoms with Gasteiger partial charge in [0.15, 0.2) is 6.10 Å². The molecule has 1 aliphatic rings. The first kappa shape index (κ1) is 11.4. The summed E-state index contributed by atoms with van der Waals surface area (Å²) in [6.07, 6.45) is -0.0430. The van der Waals surface area contributed by atoms with Gasteiger partial charge in [-0.25, -0.2) is 9.18 Å². The molecule has 1 aliphatic carbocycles. The Bertz CT molecular complexity index is 208. The number of carboxylic acids is 1. The average molecular weight is 204 g/mol. The fraction of sp³-hybridized carbons (Fsp3) is 0.900. The Balaban J connectivity index is 2.36. The molecule has 0 amide bonds. The molecule has 0 saturated heterocycles. The summed E-state index contributed by atoms with van der Waals surface area (Å²) in [7, 11) is 0. The highest BCUT2D eigenvalue weighted by Gasteiger charge is 2.30. The molecular weight excluding hydrogens is 187 g/mol. The van der Waals surface area contributed by atoms with Gasteiger partial charge in [0, 0.05) is 6.42 Å². The van der Waals surface area contributed by atoms with Crippen LogP contribution in [-0.4, -0.2) is 29.5 Å². The smallest absolute Gasteiger partial charge is 0.332 e. The first-order chi connectivity index (χ1) is 6.50. The molecule has 0 aromatic carbocycles. The van der Waals surface area contributed by atoms with Gasteiger partial charge in [-0.15, -0.1) is 0 Å². The molecule has 1 rings (SSSR count). The van der Waals surface area contributed by atoms with Crippen LogP contribution in [0.2, 0.25) is 0 Å². The zero-order valence-corrected chi connectivity index (χ0v) is 8.57. The predicted octanol–water partition coefficient (Wildman–Crippen LogP) is 2.00. The lowest BCUT2D eigenvalue weighted by molar-refractivity contribution is -0.155. The van der Waals surface area contributed by atoms with Gasteiger partial charge in [-0.2, -0.15) is 0 Å². The monoisotopic (exact) mass is 204 g/mol. The van der Waals surface area contributed by atoms with Crippen molar-refractivity contribution in [3.63, 3.8) is 0 Å². The first-order valence-electron chi connectivity index (χ1n) is 5.03. The Kier molecular flexibility index (Phi) is 3.86. The molecule has 0 aromatic heterocycles. The van der Waals surface area contributed by atoms with Crippen LogP contribution in [0.15, 0.2) is 0 Å². The van der Waals surface area contributed by atoms with Crippen molar-refractivity contribution in [1.82, 2.24) is 0 Å². The average Bonchev–Trinajstić information content (AvgIpc) is 2.11. The molecule has 0 bridgehead atoms. The van der Waals surface area contributed by atoms with E-state index < -0.39 is 18.2 Å². The number of rotatable bonds is 3. The van der Waals surface area contributed by atoms with Gasteiger partial charge >= 0.3 is 5.97 Å². The van der Waals surface area contributed by atoms with E-state index in [4.69, 9.17) is 9.84 Å². The molecule has 0 aromatic rings. The van der Waals surface area contributed by atoms with Crippen molar-refractivity contribution in [2.75, 3.05) is 0 Å². The summed E-state index contributed by atoms with van der Waals surface area (Å²) in [5.74, 6) is -0.908. The van der Waals surface area contributed by atoms with E-state index in [1.807, 2.05) is 6.92 Å². The normalized spacial score (nSPS) is 35.2. The van der Waals surface area contributed by atoms with E-state index in [1.54, 1.807) is 0 Å². The van der Waals surface area contributed by atoms with E-state index in [9.17, 15) is 9.18 Å². The Morgan fingerprint density at radius 2 is 2.21 bits per heavy atom. The van der Waals surface area contributed by atoms with Crippen LogP contribution in [0.3, 0.4) is 0 Å². The zero-order valence-electron chi connectivity index (χ0n) is 8.57. The number of hydrogen-bond donors (Lipinski definition) is 1. The summed E-state index contributed by atoms with van der Waals surface area (Å²) < 4.78 is 18.5. The maximum atomic E-state index is 13.3. The third-order valence-electron chi connectivity index (χ3n) is 2.79. The Hall–Kier alpha value is -0.640. The standard InChI is InChI=1S/C10H17FO3/c1-6-3-4-8(5-9(6)11)14-7(2)10(12)13/h6-9H,3-5H2,1-2H3,(H,12,13). The first-order valence-corrected chi connectivity index (χ1v) is 5.03. The number of aliphatic carboxylic acids is 1. The molecule has 0 heterocycles. The summed E-state index contributed by atoms with van der Waals surface area (Å²) >= 11 is 0. The molecule has 1 saturated carbocycles. The summed E-state index contributed by atoms with van der Waals surface area (Å²) in [6.45, 7) is 3.36. The van der Waals surface area contributed by atoms with E-state index >= 15 is 0 Å². The molecular formula is C10H17FO3. The molecule has 0 aliphatic heterocycles. The van der Waals surface area contributed by atoms with Crippen LogP contribution in [0.4, 0.5) is 4.39 Å². The lowest BCUT2D eigenvalue weighted by Gasteiger charge is -2.30. The van der Waals surface area contributed by atoms with E-state index in [0.29, 0.717) is 6.42 Å². The van der Waals surface area contributed by atoms with Gasteiger partial charge in [0.05, 0.1) is 6.10 Å². The number of hydrogen-bond acceptors (Lipinski definition) is 2. The van der Waals surface area contributed by atoms with Crippen LogP contribution >= 0.6 is 0 Å². The van der Waals surface area contributed by atoms with Crippen molar-refractivity contribution in [2.24, 2.45) is 5.92 Å². The summed E-state index contributed by atoms with van der Waals surface area (Å²) in [5, 5.41) is 8.61. The Morgan fingerprint density at radius 1 is 1.57 bits per heavy atom. The number of carbonyl (C=O) groups is 1. The second-order valence-corrected chi connectivity index (χ2v) is 4.04. The highest BCUT2D eigenvalue weighted by atomic mass is 19.1. The summed E-state index contributed by atoms with van der Waals surface area (Å²) in [6, 6.07) is 0.